The summed E-state index contributed by atoms with van der Waals surface area (Å²) in [6.07, 6.45) is -2.77. The minimum absolute atomic E-state index is 0.313. The molecule has 0 amide bonds. The van der Waals surface area contributed by atoms with Crippen molar-refractivity contribution in [2.24, 2.45) is 0 Å². The number of hydrogen-bond acceptors (Lipinski definition) is 6. The Hall–Kier alpha value is -2.87. The van der Waals surface area contributed by atoms with E-state index in [-0.39, 0.29) is 0 Å². The van der Waals surface area contributed by atoms with E-state index in [0.717, 1.165) is 23.0 Å². The number of aldehydes is 1. The molecular formula is C28H30O6. The molecule has 0 bridgehead atoms. The number of benzene rings is 3. The Labute approximate surface area is 200 Å². The zero-order chi connectivity index (χ0) is 23.6. The molecule has 0 saturated carbocycles. The van der Waals surface area contributed by atoms with E-state index in [9.17, 15) is 4.79 Å². The minimum atomic E-state index is -0.856. The van der Waals surface area contributed by atoms with E-state index < -0.39 is 30.7 Å². The molecule has 0 unspecified atom stereocenters. The Balaban J connectivity index is 1.57. The number of rotatable bonds is 11. The van der Waals surface area contributed by atoms with Gasteiger partial charge in [0.1, 0.15) is 24.4 Å². The first kappa shape index (κ1) is 24.3. The van der Waals surface area contributed by atoms with Crippen molar-refractivity contribution in [2.45, 2.75) is 50.5 Å². The van der Waals surface area contributed by atoms with Crippen molar-refractivity contribution >= 4 is 6.29 Å². The van der Waals surface area contributed by atoms with Crippen molar-refractivity contribution in [1.29, 1.82) is 0 Å². The smallest absolute Gasteiger partial charge is 0.187 e. The molecule has 34 heavy (non-hydrogen) atoms. The average molecular weight is 463 g/mol. The van der Waals surface area contributed by atoms with Crippen LogP contribution in [0.3, 0.4) is 0 Å². The van der Waals surface area contributed by atoms with Gasteiger partial charge in [-0.15, -0.1) is 0 Å². The molecule has 1 aliphatic heterocycles. The summed E-state index contributed by atoms with van der Waals surface area (Å²) in [4.78, 5) is 12.0. The Bertz CT molecular complexity index is 982. The van der Waals surface area contributed by atoms with Gasteiger partial charge in [-0.1, -0.05) is 91.0 Å². The van der Waals surface area contributed by atoms with Crippen LogP contribution in [0.2, 0.25) is 0 Å². The number of carbonyl (C=O) groups excluding carboxylic acids is 1. The highest BCUT2D eigenvalue weighted by Gasteiger charge is 2.48. The summed E-state index contributed by atoms with van der Waals surface area (Å²) in [5.41, 5.74) is 3.01. The molecule has 0 radical (unpaired) electrons. The van der Waals surface area contributed by atoms with Gasteiger partial charge in [0.05, 0.1) is 19.8 Å². The van der Waals surface area contributed by atoms with Crippen molar-refractivity contribution in [3.05, 3.63) is 108 Å². The van der Waals surface area contributed by atoms with Gasteiger partial charge in [-0.25, -0.2) is 0 Å². The molecule has 0 N–H and O–H groups in total. The topological polar surface area (TPSA) is 63.2 Å². The normalized spacial score (nSPS) is 24.6. The quantitative estimate of drug-likeness (QED) is 0.396. The third-order valence-corrected chi connectivity index (χ3v) is 5.75. The van der Waals surface area contributed by atoms with Crippen molar-refractivity contribution in [2.75, 3.05) is 7.11 Å². The molecule has 3 aromatic carbocycles. The first-order chi connectivity index (χ1) is 16.8. The molecule has 5 atom stereocenters. The standard InChI is InChI=1S/C28H30O6/c1-30-28-27(33-20-23-15-9-4-10-16-23)26(32-19-22-13-7-3-8-14-22)25(24(17-29)34-28)31-18-21-11-5-2-6-12-21/h2-17,24-28H,18-20H2,1H3/t24-,25-,26-,27-,28-/m1/s1. The van der Waals surface area contributed by atoms with Crippen LogP contribution >= 0.6 is 0 Å². The van der Waals surface area contributed by atoms with Crippen LogP contribution in [0.5, 0.6) is 0 Å². The molecule has 6 heteroatoms. The maximum absolute atomic E-state index is 12.0. The van der Waals surface area contributed by atoms with Gasteiger partial charge in [0.25, 0.3) is 0 Å². The van der Waals surface area contributed by atoms with Crippen LogP contribution in [-0.2, 0) is 48.3 Å². The number of ether oxygens (including phenoxy) is 5. The number of methoxy groups -OCH3 is 1. The lowest BCUT2D eigenvalue weighted by atomic mass is 9.98. The van der Waals surface area contributed by atoms with E-state index in [1.165, 1.54) is 7.11 Å². The molecular weight excluding hydrogens is 432 g/mol. The Morgan fingerprint density at radius 3 is 1.47 bits per heavy atom. The van der Waals surface area contributed by atoms with Crippen LogP contribution < -0.4 is 0 Å². The molecule has 1 saturated heterocycles. The lowest BCUT2D eigenvalue weighted by Gasteiger charge is -2.44. The van der Waals surface area contributed by atoms with Gasteiger partial charge in [0.15, 0.2) is 12.6 Å². The second-order valence-electron chi connectivity index (χ2n) is 8.12. The highest BCUT2D eigenvalue weighted by molar-refractivity contribution is 5.57. The van der Waals surface area contributed by atoms with Gasteiger partial charge in [-0.3, -0.25) is 0 Å². The van der Waals surface area contributed by atoms with Crippen LogP contribution in [0.25, 0.3) is 0 Å². The van der Waals surface area contributed by atoms with Crippen molar-refractivity contribution < 1.29 is 28.5 Å². The summed E-state index contributed by atoms with van der Waals surface area (Å²) in [7, 11) is 1.53. The predicted octanol–water partition coefficient (Wildman–Crippen LogP) is 4.31. The van der Waals surface area contributed by atoms with Crippen molar-refractivity contribution in [1.82, 2.24) is 0 Å². The highest BCUT2D eigenvalue weighted by Crippen LogP contribution is 2.30. The third kappa shape index (κ3) is 6.38. The predicted molar refractivity (Wildman–Crippen MR) is 127 cm³/mol. The summed E-state index contributed by atoms with van der Waals surface area (Å²) in [6.45, 7) is 0.994. The van der Waals surface area contributed by atoms with Crippen LogP contribution in [0.4, 0.5) is 0 Å². The van der Waals surface area contributed by atoms with E-state index >= 15 is 0 Å². The largest absolute Gasteiger partial charge is 0.368 e. The Morgan fingerprint density at radius 1 is 0.647 bits per heavy atom. The van der Waals surface area contributed by atoms with Gasteiger partial charge in [0, 0.05) is 7.11 Å². The van der Waals surface area contributed by atoms with E-state index in [0.29, 0.717) is 19.8 Å². The van der Waals surface area contributed by atoms with Crippen LogP contribution in [-0.4, -0.2) is 44.1 Å². The lowest BCUT2D eigenvalue weighted by Crippen LogP contribution is -2.61. The third-order valence-electron chi connectivity index (χ3n) is 5.75. The molecule has 0 aliphatic carbocycles. The second-order valence-corrected chi connectivity index (χ2v) is 8.12. The number of carbonyl (C=O) groups is 1. The fraction of sp³-hybridized carbons (Fsp3) is 0.321. The van der Waals surface area contributed by atoms with Crippen LogP contribution in [0.15, 0.2) is 91.0 Å². The maximum atomic E-state index is 12.0. The van der Waals surface area contributed by atoms with Gasteiger partial charge >= 0.3 is 0 Å². The SMILES string of the molecule is CO[C@@H]1O[C@H](C=O)[C@@H](OCc2ccccc2)[C@@H](OCc2ccccc2)[C@H]1OCc1ccccc1. The summed E-state index contributed by atoms with van der Waals surface area (Å²) in [6, 6.07) is 29.5. The monoisotopic (exact) mass is 462 g/mol. The first-order valence-electron chi connectivity index (χ1n) is 11.4. The van der Waals surface area contributed by atoms with Crippen LogP contribution in [0.1, 0.15) is 16.7 Å². The first-order valence-corrected chi connectivity index (χ1v) is 11.4. The summed E-state index contributed by atoms with van der Waals surface area (Å²) >= 11 is 0. The van der Waals surface area contributed by atoms with E-state index in [4.69, 9.17) is 23.7 Å². The molecule has 0 aromatic heterocycles. The van der Waals surface area contributed by atoms with E-state index in [2.05, 4.69) is 0 Å². The number of hydrogen-bond donors (Lipinski definition) is 0. The summed E-state index contributed by atoms with van der Waals surface area (Å²) in [5.74, 6) is 0. The molecule has 3 aromatic rings. The zero-order valence-electron chi connectivity index (χ0n) is 19.2. The molecule has 1 heterocycles. The molecule has 1 fully saturated rings. The fourth-order valence-electron chi connectivity index (χ4n) is 3.99. The van der Waals surface area contributed by atoms with Gasteiger partial charge in [0.2, 0.25) is 0 Å². The van der Waals surface area contributed by atoms with Gasteiger partial charge in [-0.05, 0) is 16.7 Å². The van der Waals surface area contributed by atoms with Crippen molar-refractivity contribution in [3.63, 3.8) is 0 Å². The molecule has 6 nitrogen and oxygen atoms in total. The fourth-order valence-corrected chi connectivity index (χ4v) is 3.99. The maximum Gasteiger partial charge on any atom is 0.187 e. The summed E-state index contributed by atoms with van der Waals surface area (Å²) in [5, 5.41) is 0. The minimum Gasteiger partial charge on any atom is -0.368 e. The lowest BCUT2D eigenvalue weighted by molar-refractivity contribution is -0.309. The molecule has 0 spiro atoms. The van der Waals surface area contributed by atoms with Gasteiger partial charge in [-0.2, -0.15) is 0 Å². The Morgan fingerprint density at radius 2 is 1.06 bits per heavy atom. The van der Waals surface area contributed by atoms with Gasteiger partial charge < -0.3 is 28.5 Å². The molecule has 4 rings (SSSR count). The van der Waals surface area contributed by atoms with E-state index in [1.54, 1.807) is 0 Å². The zero-order valence-corrected chi connectivity index (χ0v) is 19.2. The highest BCUT2D eigenvalue weighted by atomic mass is 16.7. The van der Waals surface area contributed by atoms with Crippen LogP contribution in [0, 0.1) is 0 Å². The van der Waals surface area contributed by atoms with Crippen molar-refractivity contribution in [3.8, 4) is 0 Å². The van der Waals surface area contributed by atoms with E-state index in [1.807, 2.05) is 91.0 Å². The molecule has 178 valence electrons. The Kier molecular flexibility index (Phi) is 8.96. The second kappa shape index (κ2) is 12.6. The molecule has 1 aliphatic rings. The summed E-state index contributed by atoms with van der Waals surface area (Å²) < 4.78 is 30.4. The average Bonchev–Trinajstić information content (AvgIpc) is 2.91.